The summed E-state index contributed by atoms with van der Waals surface area (Å²) in [5.74, 6) is 0.933. The Morgan fingerprint density at radius 2 is 2.21 bits per heavy atom. The fourth-order valence-corrected chi connectivity index (χ4v) is 1.57. The standard InChI is InChI=1S/C14H16N2O3/c1-3-8-18-13-7-5-4-6-11(13)15-14(17)12-9-10(2)19-16-12/h4-7,9H,3,8H2,1-2H3,(H,15,17). The molecule has 1 aromatic carbocycles. The van der Waals surface area contributed by atoms with E-state index in [0.717, 1.165) is 6.42 Å². The van der Waals surface area contributed by atoms with E-state index in [1.165, 1.54) is 0 Å². The minimum Gasteiger partial charge on any atom is -0.491 e. The van der Waals surface area contributed by atoms with E-state index < -0.39 is 0 Å². The highest BCUT2D eigenvalue weighted by atomic mass is 16.5. The Bertz CT molecular complexity index is 563. The van der Waals surface area contributed by atoms with Crippen molar-refractivity contribution >= 4 is 11.6 Å². The van der Waals surface area contributed by atoms with Crippen molar-refractivity contribution in [3.63, 3.8) is 0 Å². The van der Waals surface area contributed by atoms with Crippen molar-refractivity contribution in [2.24, 2.45) is 0 Å². The average molecular weight is 260 g/mol. The molecule has 1 aromatic heterocycles. The predicted octanol–water partition coefficient (Wildman–Crippen LogP) is 3.02. The maximum atomic E-state index is 12.0. The zero-order valence-electron chi connectivity index (χ0n) is 11.0. The van der Waals surface area contributed by atoms with Gasteiger partial charge in [-0.1, -0.05) is 24.2 Å². The molecule has 0 fully saturated rings. The monoisotopic (exact) mass is 260 g/mol. The Labute approximate surface area is 111 Å². The highest BCUT2D eigenvalue weighted by molar-refractivity contribution is 6.03. The molecule has 0 atom stereocenters. The van der Waals surface area contributed by atoms with Crippen LogP contribution in [0, 0.1) is 6.92 Å². The van der Waals surface area contributed by atoms with Crippen LogP contribution < -0.4 is 10.1 Å². The van der Waals surface area contributed by atoms with Gasteiger partial charge in [0.05, 0.1) is 12.3 Å². The molecule has 2 rings (SSSR count). The summed E-state index contributed by atoms with van der Waals surface area (Å²) in [6, 6.07) is 8.89. The Kier molecular flexibility index (Phi) is 4.18. The maximum Gasteiger partial charge on any atom is 0.277 e. The summed E-state index contributed by atoms with van der Waals surface area (Å²) in [6.45, 7) is 4.37. The molecule has 100 valence electrons. The van der Waals surface area contributed by atoms with Crippen molar-refractivity contribution in [1.29, 1.82) is 0 Å². The third kappa shape index (κ3) is 3.34. The largest absolute Gasteiger partial charge is 0.491 e. The quantitative estimate of drug-likeness (QED) is 0.897. The van der Waals surface area contributed by atoms with Crippen LogP contribution in [0.25, 0.3) is 0 Å². The number of ether oxygens (including phenoxy) is 1. The Balaban J connectivity index is 2.12. The van der Waals surface area contributed by atoms with E-state index in [2.05, 4.69) is 10.5 Å². The smallest absolute Gasteiger partial charge is 0.277 e. The molecule has 19 heavy (non-hydrogen) atoms. The van der Waals surface area contributed by atoms with Gasteiger partial charge in [-0.3, -0.25) is 4.79 Å². The number of aryl methyl sites for hydroxylation is 1. The molecule has 2 aromatic rings. The number of para-hydroxylation sites is 2. The Hall–Kier alpha value is -2.30. The number of hydrogen-bond donors (Lipinski definition) is 1. The second-order valence-electron chi connectivity index (χ2n) is 4.12. The van der Waals surface area contributed by atoms with Gasteiger partial charge < -0.3 is 14.6 Å². The SMILES string of the molecule is CCCOc1ccccc1NC(=O)c1cc(C)on1. The third-order valence-electron chi connectivity index (χ3n) is 2.46. The number of benzene rings is 1. The van der Waals surface area contributed by atoms with E-state index in [1.807, 2.05) is 25.1 Å². The van der Waals surface area contributed by atoms with Gasteiger partial charge in [0.2, 0.25) is 0 Å². The van der Waals surface area contributed by atoms with E-state index in [-0.39, 0.29) is 11.6 Å². The summed E-state index contributed by atoms with van der Waals surface area (Å²) < 4.78 is 10.4. The first-order valence-corrected chi connectivity index (χ1v) is 6.17. The van der Waals surface area contributed by atoms with Crippen LogP contribution in [0.3, 0.4) is 0 Å². The molecule has 0 aliphatic heterocycles. The van der Waals surface area contributed by atoms with Gasteiger partial charge in [-0.15, -0.1) is 0 Å². The molecule has 0 radical (unpaired) electrons. The third-order valence-corrected chi connectivity index (χ3v) is 2.46. The maximum absolute atomic E-state index is 12.0. The fourth-order valence-electron chi connectivity index (χ4n) is 1.57. The zero-order chi connectivity index (χ0) is 13.7. The van der Waals surface area contributed by atoms with Gasteiger partial charge in [-0.2, -0.15) is 0 Å². The number of carbonyl (C=O) groups excluding carboxylic acids is 1. The number of amides is 1. The molecule has 0 bridgehead atoms. The van der Waals surface area contributed by atoms with Gasteiger partial charge >= 0.3 is 0 Å². The van der Waals surface area contributed by atoms with Crippen LogP contribution in [0.5, 0.6) is 5.75 Å². The first-order chi connectivity index (χ1) is 9.20. The molecule has 0 unspecified atom stereocenters. The zero-order valence-corrected chi connectivity index (χ0v) is 11.0. The number of carbonyl (C=O) groups is 1. The molecule has 0 spiro atoms. The number of aromatic nitrogens is 1. The van der Waals surface area contributed by atoms with E-state index in [4.69, 9.17) is 9.26 Å². The van der Waals surface area contributed by atoms with Crippen LogP contribution >= 0.6 is 0 Å². The summed E-state index contributed by atoms with van der Waals surface area (Å²) in [7, 11) is 0. The average Bonchev–Trinajstić information content (AvgIpc) is 2.84. The van der Waals surface area contributed by atoms with Crippen molar-refractivity contribution < 1.29 is 14.1 Å². The lowest BCUT2D eigenvalue weighted by molar-refractivity contribution is 0.101. The lowest BCUT2D eigenvalue weighted by atomic mass is 10.2. The number of nitrogens with one attached hydrogen (secondary N) is 1. The predicted molar refractivity (Wildman–Crippen MR) is 71.4 cm³/mol. The number of hydrogen-bond acceptors (Lipinski definition) is 4. The van der Waals surface area contributed by atoms with Crippen LogP contribution in [0.1, 0.15) is 29.6 Å². The topological polar surface area (TPSA) is 64.4 Å². The molecule has 1 N–H and O–H groups in total. The number of rotatable bonds is 5. The van der Waals surface area contributed by atoms with Gasteiger partial charge in [0.15, 0.2) is 5.69 Å². The summed E-state index contributed by atoms with van der Waals surface area (Å²) in [5, 5.41) is 6.44. The van der Waals surface area contributed by atoms with Crippen molar-refractivity contribution in [1.82, 2.24) is 5.16 Å². The molecule has 1 amide bonds. The van der Waals surface area contributed by atoms with Gasteiger partial charge in [-0.25, -0.2) is 0 Å². The molecule has 0 aliphatic carbocycles. The molecular weight excluding hydrogens is 244 g/mol. The number of nitrogens with zero attached hydrogens (tertiary/aromatic N) is 1. The van der Waals surface area contributed by atoms with Crippen LogP contribution in [0.15, 0.2) is 34.9 Å². The summed E-state index contributed by atoms with van der Waals surface area (Å²) in [4.78, 5) is 12.0. The first-order valence-electron chi connectivity index (χ1n) is 6.17. The van der Waals surface area contributed by atoms with E-state index in [9.17, 15) is 4.79 Å². The second-order valence-corrected chi connectivity index (χ2v) is 4.12. The molecule has 5 heteroatoms. The van der Waals surface area contributed by atoms with E-state index in [1.54, 1.807) is 19.1 Å². The highest BCUT2D eigenvalue weighted by Crippen LogP contribution is 2.24. The Morgan fingerprint density at radius 3 is 2.89 bits per heavy atom. The molecule has 0 saturated carbocycles. The van der Waals surface area contributed by atoms with Gasteiger partial charge in [0.25, 0.3) is 5.91 Å². The van der Waals surface area contributed by atoms with Crippen molar-refractivity contribution in [3.8, 4) is 5.75 Å². The van der Waals surface area contributed by atoms with Crippen LogP contribution in [0.4, 0.5) is 5.69 Å². The minimum absolute atomic E-state index is 0.253. The highest BCUT2D eigenvalue weighted by Gasteiger charge is 2.13. The Morgan fingerprint density at radius 1 is 1.42 bits per heavy atom. The number of anilines is 1. The first kappa shape index (κ1) is 13.1. The van der Waals surface area contributed by atoms with Crippen molar-refractivity contribution in [2.75, 3.05) is 11.9 Å². The molecule has 0 aliphatic rings. The summed E-state index contributed by atoms with van der Waals surface area (Å²) >= 11 is 0. The summed E-state index contributed by atoms with van der Waals surface area (Å²) in [5.41, 5.74) is 0.879. The van der Waals surface area contributed by atoms with E-state index in [0.29, 0.717) is 23.8 Å². The lowest BCUT2D eigenvalue weighted by Gasteiger charge is -2.10. The van der Waals surface area contributed by atoms with Crippen molar-refractivity contribution in [2.45, 2.75) is 20.3 Å². The molecule has 0 saturated heterocycles. The van der Waals surface area contributed by atoms with Gasteiger partial charge in [0.1, 0.15) is 11.5 Å². The lowest BCUT2D eigenvalue weighted by Crippen LogP contribution is -2.13. The van der Waals surface area contributed by atoms with Crippen LogP contribution in [-0.2, 0) is 0 Å². The van der Waals surface area contributed by atoms with Gasteiger partial charge in [0, 0.05) is 6.07 Å². The summed E-state index contributed by atoms with van der Waals surface area (Å²) in [6.07, 6.45) is 0.908. The normalized spacial score (nSPS) is 10.2. The van der Waals surface area contributed by atoms with Crippen LogP contribution in [-0.4, -0.2) is 17.7 Å². The molecule has 1 heterocycles. The second kappa shape index (κ2) is 6.04. The van der Waals surface area contributed by atoms with Crippen LogP contribution in [0.2, 0.25) is 0 Å². The molecule has 5 nitrogen and oxygen atoms in total. The fraction of sp³-hybridized carbons (Fsp3) is 0.286. The van der Waals surface area contributed by atoms with Crippen molar-refractivity contribution in [3.05, 3.63) is 41.8 Å². The molecular formula is C14H16N2O3. The van der Waals surface area contributed by atoms with E-state index >= 15 is 0 Å². The minimum atomic E-state index is -0.315. The van der Waals surface area contributed by atoms with Gasteiger partial charge in [-0.05, 0) is 25.5 Å².